The van der Waals surface area contributed by atoms with Crippen molar-refractivity contribution in [1.29, 1.82) is 0 Å². The van der Waals surface area contributed by atoms with Crippen LogP contribution in [0.1, 0.15) is 17.5 Å². The average molecular weight is 555 g/mol. The minimum Gasteiger partial charge on any atom is -0.495 e. The van der Waals surface area contributed by atoms with Crippen LogP contribution in [0.15, 0.2) is 93.0 Å². The second-order valence-corrected chi connectivity index (χ2v) is 9.14. The van der Waals surface area contributed by atoms with Gasteiger partial charge < -0.3 is 20.1 Å². The summed E-state index contributed by atoms with van der Waals surface area (Å²) in [6, 6.07) is 20.2. The Morgan fingerprint density at radius 1 is 1.03 bits per heavy atom. The quantitative estimate of drug-likeness (QED) is 0.210. The van der Waals surface area contributed by atoms with E-state index in [-0.39, 0.29) is 11.6 Å². The number of thioether (sulfide) groups is 1. The van der Waals surface area contributed by atoms with Crippen molar-refractivity contribution in [2.45, 2.75) is 12.8 Å². The van der Waals surface area contributed by atoms with Crippen LogP contribution in [0.4, 0.5) is 24.5 Å². The van der Waals surface area contributed by atoms with Crippen LogP contribution >= 0.6 is 11.8 Å². The number of hydrogen-bond donors (Lipinski definition) is 1. The summed E-state index contributed by atoms with van der Waals surface area (Å²) in [5, 5.41) is 9.54. The van der Waals surface area contributed by atoms with Crippen LogP contribution in [0, 0.1) is 0 Å². The van der Waals surface area contributed by atoms with Crippen LogP contribution in [0.25, 0.3) is 0 Å². The minimum atomic E-state index is -4.74. The van der Waals surface area contributed by atoms with Gasteiger partial charge in [0.15, 0.2) is 5.17 Å². The van der Waals surface area contributed by atoms with Gasteiger partial charge in [-0.15, -0.1) is 18.3 Å². The monoisotopic (exact) mass is 554 g/mol. The van der Waals surface area contributed by atoms with Gasteiger partial charge >= 0.3 is 6.36 Å². The number of ether oxygens (including phenoxy) is 2. The molecule has 0 aliphatic carbocycles. The highest BCUT2D eigenvalue weighted by Gasteiger charge is 2.31. The Hall–Kier alpha value is -4.32. The van der Waals surface area contributed by atoms with Gasteiger partial charge in [0.2, 0.25) is 0 Å². The zero-order valence-electron chi connectivity index (χ0n) is 20.9. The average Bonchev–Trinajstić information content (AvgIpc) is 2.94. The van der Waals surface area contributed by atoms with Gasteiger partial charge in [0.05, 0.1) is 24.7 Å². The van der Waals surface area contributed by atoms with Gasteiger partial charge in [0.1, 0.15) is 23.7 Å². The van der Waals surface area contributed by atoms with Gasteiger partial charge in [-0.2, -0.15) is 5.10 Å². The fourth-order valence-corrected chi connectivity index (χ4v) is 4.48. The number of nitrogens with zero attached hydrogens (tertiary/aromatic N) is 5. The number of alkyl halides is 3. The van der Waals surface area contributed by atoms with E-state index in [0.29, 0.717) is 11.3 Å². The molecule has 1 saturated heterocycles. The highest BCUT2D eigenvalue weighted by molar-refractivity contribution is 8.14. The number of hydrogen-bond acceptors (Lipinski definition) is 6. The number of rotatable bonds is 8. The topological polar surface area (TPSA) is 97.2 Å². The van der Waals surface area contributed by atoms with Gasteiger partial charge in [0, 0.05) is 17.9 Å². The van der Waals surface area contributed by atoms with E-state index in [4.69, 9.17) is 10.5 Å². The van der Waals surface area contributed by atoms with Gasteiger partial charge in [0.25, 0.3) is 0 Å². The Labute approximate surface area is 227 Å². The second-order valence-electron chi connectivity index (χ2n) is 8.08. The third-order valence-electron chi connectivity index (χ3n) is 5.39. The van der Waals surface area contributed by atoms with Gasteiger partial charge in [-0.1, -0.05) is 48.2 Å². The Morgan fingerprint density at radius 2 is 1.77 bits per heavy atom. The van der Waals surface area contributed by atoms with Crippen molar-refractivity contribution in [3.05, 3.63) is 83.9 Å². The summed E-state index contributed by atoms with van der Waals surface area (Å²) in [7, 11) is 1.65. The molecule has 12 heteroatoms. The summed E-state index contributed by atoms with van der Waals surface area (Å²) in [4.78, 5) is 10.3. The Morgan fingerprint density at radius 3 is 2.49 bits per heavy atom. The van der Waals surface area contributed by atoms with Crippen LogP contribution in [-0.2, 0) is 0 Å². The molecule has 0 amide bonds. The first kappa shape index (κ1) is 27.7. The van der Waals surface area contributed by atoms with E-state index in [2.05, 4.69) is 29.8 Å². The molecule has 3 aromatic rings. The molecule has 0 bridgehead atoms. The summed E-state index contributed by atoms with van der Waals surface area (Å²) >= 11 is 1.65. The lowest BCUT2D eigenvalue weighted by atomic mass is 10.1. The van der Waals surface area contributed by atoms with Crippen LogP contribution in [0.2, 0.25) is 0 Å². The molecule has 1 aliphatic rings. The van der Waals surface area contributed by atoms with Crippen molar-refractivity contribution >= 4 is 46.7 Å². The lowest BCUT2D eigenvalue weighted by Gasteiger charge is -2.29. The van der Waals surface area contributed by atoms with Crippen molar-refractivity contribution in [1.82, 2.24) is 0 Å². The minimum absolute atomic E-state index is 0.227. The molecule has 1 heterocycles. The predicted molar refractivity (Wildman–Crippen MR) is 151 cm³/mol. The van der Waals surface area contributed by atoms with Crippen LogP contribution in [-0.4, -0.2) is 49.3 Å². The summed E-state index contributed by atoms with van der Waals surface area (Å²) in [6.07, 6.45) is -0.821. The molecule has 8 nitrogen and oxygen atoms in total. The van der Waals surface area contributed by atoms with Gasteiger partial charge in [-0.05, 0) is 48.4 Å². The number of amidine groups is 2. The maximum absolute atomic E-state index is 12.3. The largest absolute Gasteiger partial charge is 0.573 e. The van der Waals surface area contributed by atoms with E-state index in [9.17, 15) is 13.2 Å². The second kappa shape index (κ2) is 13.0. The normalized spacial score (nSPS) is 15.8. The summed E-state index contributed by atoms with van der Waals surface area (Å²) < 4.78 is 46.1. The maximum atomic E-state index is 12.3. The van der Waals surface area contributed by atoms with Crippen LogP contribution in [0.3, 0.4) is 0 Å². The van der Waals surface area contributed by atoms with E-state index in [0.717, 1.165) is 40.9 Å². The van der Waals surface area contributed by atoms with Gasteiger partial charge in [-0.25, -0.2) is 9.98 Å². The standard InChI is InChI=1S/C27H25F3N6O2S/c1-37-24-6-3-2-5-23(24)36-15-4-16-39-26(36)35-34-17-19-7-9-20(10-8-19)25(31)33-18-32-21-11-13-22(14-12-21)38-27(28,29)30/h2-3,5-14,17-18H,4,15-16H2,1H3,(H2,31,32,33)/b34-17+,35-26-. The molecule has 0 aromatic heterocycles. The number of para-hydroxylation sites is 2. The molecule has 0 saturated carbocycles. The van der Waals surface area contributed by atoms with Crippen molar-refractivity contribution in [2.24, 2.45) is 25.9 Å². The number of halogens is 3. The number of benzene rings is 3. The van der Waals surface area contributed by atoms with E-state index in [1.54, 1.807) is 37.2 Å². The molecule has 1 fully saturated rings. The fraction of sp³-hybridized carbons (Fsp3) is 0.185. The van der Waals surface area contributed by atoms with E-state index in [1.165, 1.54) is 30.6 Å². The molecule has 202 valence electrons. The SMILES string of the molecule is COc1ccccc1N1CCCS/C1=N\N=C\c1ccc(C(N)=NC=Nc2ccc(OC(F)(F)F)cc2)cc1. The molecule has 3 aromatic carbocycles. The third-order valence-corrected chi connectivity index (χ3v) is 6.45. The molecular formula is C27H25F3N6O2S. The smallest absolute Gasteiger partial charge is 0.495 e. The Kier molecular flexibility index (Phi) is 9.21. The van der Waals surface area contributed by atoms with E-state index in [1.807, 2.05) is 36.4 Å². The van der Waals surface area contributed by atoms with Crippen molar-refractivity contribution in [2.75, 3.05) is 24.3 Å². The number of anilines is 1. The van der Waals surface area contributed by atoms with Crippen LogP contribution in [0.5, 0.6) is 11.5 Å². The summed E-state index contributed by atoms with van der Waals surface area (Å²) in [6.45, 7) is 0.829. The highest BCUT2D eigenvalue weighted by atomic mass is 32.2. The summed E-state index contributed by atoms with van der Waals surface area (Å²) in [5.74, 6) is 1.65. The first-order valence-electron chi connectivity index (χ1n) is 11.8. The lowest BCUT2D eigenvalue weighted by molar-refractivity contribution is -0.274. The number of methoxy groups -OCH3 is 1. The first-order chi connectivity index (χ1) is 18.8. The zero-order valence-corrected chi connectivity index (χ0v) is 21.7. The van der Waals surface area contributed by atoms with E-state index < -0.39 is 6.36 Å². The van der Waals surface area contributed by atoms with Crippen molar-refractivity contribution < 1.29 is 22.6 Å². The first-order valence-corrected chi connectivity index (χ1v) is 12.8. The fourth-order valence-electron chi connectivity index (χ4n) is 3.57. The predicted octanol–water partition coefficient (Wildman–Crippen LogP) is 5.99. The molecule has 0 atom stereocenters. The van der Waals surface area contributed by atoms with E-state index >= 15 is 0 Å². The molecule has 39 heavy (non-hydrogen) atoms. The molecule has 0 radical (unpaired) electrons. The zero-order chi connectivity index (χ0) is 27.7. The molecule has 0 spiro atoms. The number of aliphatic imine (C=N–C) groups is 2. The van der Waals surface area contributed by atoms with Crippen LogP contribution < -0.4 is 20.1 Å². The molecule has 2 N–H and O–H groups in total. The Balaban J connectivity index is 1.38. The molecule has 0 unspecified atom stereocenters. The molecular weight excluding hydrogens is 529 g/mol. The van der Waals surface area contributed by atoms with Gasteiger partial charge in [-0.3, -0.25) is 0 Å². The Bertz CT molecular complexity index is 1370. The molecule has 4 rings (SSSR count). The molecule has 1 aliphatic heterocycles. The maximum Gasteiger partial charge on any atom is 0.573 e. The van der Waals surface area contributed by atoms with Crippen molar-refractivity contribution in [3.63, 3.8) is 0 Å². The highest BCUT2D eigenvalue weighted by Crippen LogP contribution is 2.32. The summed E-state index contributed by atoms with van der Waals surface area (Å²) in [5.41, 5.74) is 8.89. The number of nitrogens with two attached hydrogens (primary N) is 1. The third kappa shape index (κ3) is 8.08. The lowest BCUT2D eigenvalue weighted by Crippen LogP contribution is -2.34. The van der Waals surface area contributed by atoms with Crippen molar-refractivity contribution in [3.8, 4) is 11.5 Å².